The Kier molecular flexibility index (Phi) is 6.23. The van der Waals surface area contributed by atoms with Gasteiger partial charge in [0.15, 0.2) is 5.82 Å². The van der Waals surface area contributed by atoms with E-state index in [-0.39, 0.29) is 22.8 Å². The molecule has 0 aliphatic rings. The Hall–Kier alpha value is -1.80. The quantitative estimate of drug-likeness (QED) is 0.779. The minimum Gasteiger partial charge on any atom is -0.360 e. The number of halogens is 1. The van der Waals surface area contributed by atoms with Gasteiger partial charge in [0.25, 0.3) is 0 Å². The number of benzene rings is 1. The molecule has 8 heteroatoms. The predicted molar refractivity (Wildman–Crippen MR) is 94.6 cm³/mol. The van der Waals surface area contributed by atoms with Gasteiger partial charge in [0.05, 0.1) is 11.0 Å². The van der Waals surface area contributed by atoms with Crippen molar-refractivity contribution >= 4 is 51.0 Å². The fourth-order valence-corrected chi connectivity index (χ4v) is 2.61. The van der Waals surface area contributed by atoms with Gasteiger partial charge in [-0.05, 0) is 38.1 Å². The predicted octanol–water partition coefficient (Wildman–Crippen LogP) is 3.44. The summed E-state index contributed by atoms with van der Waals surface area (Å²) < 4.78 is 5.82. The number of hydrogen-bond acceptors (Lipinski definition) is 5. The molecule has 0 spiro atoms. The maximum atomic E-state index is 12.0. The summed E-state index contributed by atoms with van der Waals surface area (Å²) in [5, 5.41) is 8.73. The van der Waals surface area contributed by atoms with Gasteiger partial charge < -0.3 is 15.2 Å². The smallest absolute Gasteiger partial charge is 0.238 e. The third kappa shape index (κ3) is 5.72. The van der Waals surface area contributed by atoms with Gasteiger partial charge in [-0.25, -0.2) is 0 Å². The third-order valence-corrected chi connectivity index (χ3v) is 4.51. The number of carbonyl (C=O) groups excluding carboxylic acids is 2. The minimum absolute atomic E-state index is 0.158. The van der Waals surface area contributed by atoms with Crippen molar-refractivity contribution in [2.75, 3.05) is 16.4 Å². The Morgan fingerprint density at radius 1 is 1.30 bits per heavy atom. The van der Waals surface area contributed by atoms with Gasteiger partial charge in [-0.15, -0.1) is 11.8 Å². The average Bonchev–Trinajstić information content (AvgIpc) is 2.92. The van der Waals surface area contributed by atoms with Gasteiger partial charge in [-0.2, -0.15) is 0 Å². The number of carbonyl (C=O) groups is 2. The Labute approximate surface area is 146 Å². The maximum absolute atomic E-state index is 12.0. The van der Waals surface area contributed by atoms with E-state index in [4.69, 9.17) is 4.52 Å². The first kappa shape index (κ1) is 17.6. The van der Waals surface area contributed by atoms with E-state index < -0.39 is 0 Å². The largest absolute Gasteiger partial charge is 0.360 e. The Balaban J connectivity index is 1.76. The van der Waals surface area contributed by atoms with Crippen molar-refractivity contribution < 1.29 is 14.1 Å². The van der Waals surface area contributed by atoms with Crippen molar-refractivity contribution in [2.24, 2.45) is 0 Å². The van der Waals surface area contributed by atoms with Gasteiger partial charge in [0, 0.05) is 16.2 Å². The first-order valence-electron chi connectivity index (χ1n) is 6.85. The van der Waals surface area contributed by atoms with Gasteiger partial charge >= 0.3 is 0 Å². The van der Waals surface area contributed by atoms with Gasteiger partial charge in [-0.3, -0.25) is 9.59 Å². The van der Waals surface area contributed by atoms with Gasteiger partial charge in [0.2, 0.25) is 11.8 Å². The highest BCUT2D eigenvalue weighted by atomic mass is 79.9. The van der Waals surface area contributed by atoms with Gasteiger partial charge in [-0.1, -0.05) is 21.1 Å². The zero-order valence-electron chi connectivity index (χ0n) is 12.6. The second-order valence-corrected chi connectivity index (χ2v) is 7.07. The molecule has 0 saturated carbocycles. The summed E-state index contributed by atoms with van der Waals surface area (Å²) in [5.41, 5.74) is 0.717. The van der Waals surface area contributed by atoms with Crippen LogP contribution in [0.15, 0.2) is 39.3 Å². The van der Waals surface area contributed by atoms with E-state index in [1.807, 2.05) is 12.1 Å². The summed E-state index contributed by atoms with van der Waals surface area (Å²) in [6.07, 6.45) is 0. The number of nitrogens with zero attached hydrogens (tertiary/aromatic N) is 1. The zero-order valence-corrected chi connectivity index (χ0v) is 15.0. The molecule has 1 aromatic carbocycles. The molecular formula is C15H16BrN3O3S. The van der Waals surface area contributed by atoms with Crippen LogP contribution < -0.4 is 10.6 Å². The average molecular weight is 398 g/mol. The van der Waals surface area contributed by atoms with Crippen molar-refractivity contribution in [1.82, 2.24) is 5.16 Å². The minimum atomic E-state index is -0.386. The summed E-state index contributed by atoms with van der Waals surface area (Å²) in [7, 11) is 0. The summed E-state index contributed by atoms with van der Waals surface area (Å²) >= 11 is 4.58. The van der Waals surface area contributed by atoms with E-state index in [0.29, 0.717) is 17.3 Å². The number of hydrogen-bond donors (Lipinski definition) is 2. The van der Waals surface area contributed by atoms with Gasteiger partial charge in [0.1, 0.15) is 5.76 Å². The fraction of sp³-hybridized carbons (Fsp3) is 0.267. The van der Waals surface area contributed by atoms with Crippen molar-refractivity contribution in [3.63, 3.8) is 0 Å². The Bertz CT molecular complexity index is 688. The van der Waals surface area contributed by atoms with Crippen LogP contribution in [0.3, 0.4) is 0 Å². The van der Waals surface area contributed by atoms with E-state index >= 15 is 0 Å². The summed E-state index contributed by atoms with van der Waals surface area (Å²) in [5.74, 6) is 0.797. The Morgan fingerprint density at radius 2 is 2.00 bits per heavy atom. The second-order valence-electron chi connectivity index (χ2n) is 4.82. The van der Waals surface area contributed by atoms with Crippen LogP contribution in [0.25, 0.3) is 0 Å². The fourth-order valence-electron chi connectivity index (χ4n) is 1.66. The molecule has 0 saturated heterocycles. The summed E-state index contributed by atoms with van der Waals surface area (Å²) in [6, 6.07) is 8.93. The molecule has 0 fully saturated rings. The molecule has 0 unspecified atom stereocenters. The molecule has 2 amide bonds. The first-order chi connectivity index (χ1) is 10.9. The molecule has 1 aromatic heterocycles. The highest BCUT2D eigenvalue weighted by Gasteiger charge is 2.16. The molecule has 6 nitrogen and oxygen atoms in total. The van der Waals surface area contributed by atoms with Crippen LogP contribution in [0.4, 0.5) is 11.5 Å². The number of aryl methyl sites for hydroxylation is 1. The number of amides is 2. The number of rotatable bonds is 6. The van der Waals surface area contributed by atoms with E-state index in [9.17, 15) is 9.59 Å². The standard InChI is InChI=1S/C15H16BrN3O3S/c1-9-7-13(19-22-9)18-15(21)10(2)23-8-14(20)17-12-5-3-11(16)4-6-12/h3-7,10H,8H2,1-2H3,(H,17,20)(H,18,19,21)/t10-/m0/s1. The molecule has 1 heterocycles. The summed E-state index contributed by atoms with van der Waals surface area (Å²) in [4.78, 5) is 23.9. The topological polar surface area (TPSA) is 84.2 Å². The molecule has 23 heavy (non-hydrogen) atoms. The molecule has 2 aromatic rings. The lowest BCUT2D eigenvalue weighted by Gasteiger charge is -2.10. The van der Waals surface area contributed by atoms with Crippen LogP contribution in [-0.2, 0) is 9.59 Å². The van der Waals surface area contributed by atoms with E-state index in [0.717, 1.165) is 4.47 Å². The van der Waals surface area contributed by atoms with E-state index in [1.54, 1.807) is 32.0 Å². The van der Waals surface area contributed by atoms with Crippen LogP contribution in [0.5, 0.6) is 0 Å². The molecule has 2 rings (SSSR count). The van der Waals surface area contributed by atoms with E-state index in [2.05, 4.69) is 31.7 Å². The number of anilines is 2. The Morgan fingerprint density at radius 3 is 2.61 bits per heavy atom. The second kappa shape index (κ2) is 8.16. The molecule has 1 atom stereocenters. The van der Waals surface area contributed by atoms with E-state index in [1.165, 1.54) is 11.8 Å². The van der Waals surface area contributed by atoms with Crippen LogP contribution in [0.2, 0.25) is 0 Å². The monoisotopic (exact) mass is 397 g/mol. The van der Waals surface area contributed by atoms with Crippen molar-refractivity contribution in [2.45, 2.75) is 19.1 Å². The molecule has 0 aliphatic heterocycles. The van der Waals surface area contributed by atoms with Crippen LogP contribution in [0.1, 0.15) is 12.7 Å². The zero-order chi connectivity index (χ0) is 16.8. The van der Waals surface area contributed by atoms with Crippen LogP contribution >= 0.6 is 27.7 Å². The van der Waals surface area contributed by atoms with Crippen LogP contribution in [-0.4, -0.2) is 28.0 Å². The molecule has 0 radical (unpaired) electrons. The van der Waals surface area contributed by atoms with Crippen molar-refractivity contribution in [3.8, 4) is 0 Å². The normalized spacial score (nSPS) is 11.8. The first-order valence-corrected chi connectivity index (χ1v) is 8.69. The molecule has 2 N–H and O–H groups in total. The van der Waals surface area contributed by atoms with Crippen LogP contribution in [0, 0.1) is 6.92 Å². The third-order valence-electron chi connectivity index (χ3n) is 2.84. The lowest BCUT2D eigenvalue weighted by molar-refractivity contribution is -0.115. The molecule has 0 aliphatic carbocycles. The number of aromatic nitrogens is 1. The molecular weight excluding hydrogens is 382 g/mol. The van der Waals surface area contributed by atoms with Crippen molar-refractivity contribution in [3.05, 3.63) is 40.6 Å². The molecule has 122 valence electrons. The maximum Gasteiger partial charge on any atom is 0.238 e. The van der Waals surface area contributed by atoms with Crippen molar-refractivity contribution in [1.29, 1.82) is 0 Å². The number of nitrogens with one attached hydrogen (secondary N) is 2. The number of thioether (sulfide) groups is 1. The summed E-state index contributed by atoms with van der Waals surface area (Å²) in [6.45, 7) is 3.48. The highest BCUT2D eigenvalue weighted by Crippen LogP contribution is 2.17. The lowest BCUT2D eigenvalue weighted by atomic mass is 10.3. The molecule has 0 bridgehead atoms. The SMILES string of the molecule is Cc1cc(NC(=O)[C@H](C)SCC(=O)Nc2ccc(Br)cc2)no1. The highest BCUT2D eigenvalue weighted by molar-refractivity contribution is 9.10. The lowest BCUT2D eigenvalue weighted by Crippen LogP contribution is -2.25.